The molecule has 1 aliphatic heterocycles. The summed E-state index contributed by atoms with van der Waals surface area (Å²) >= 11 is 0. The molecule has 202 valence electrons. The van der Waals surface area contributed by atoms with Crippen molar-refractivity contribution in [2.24, 2.45) is 5.92 Å². The van der Waals surface area contributed by atoms with Crippen molar-refractivity contribution in [3.8, 4) is 11.9 Å². The molecule has 1 saturated heterocycles. The molecule has 37 heavy (non-hydrogen) atoms. The van der Waals surface area contributed by atoms with Crippen molar-refractivity contribution < 1.29 is 19.0 Å². The number of nitrogen functional groups attached to an aromatic ring is 1. The van der Waals surface area contributed by atoms with Crippen LogP contribution >= 0.6 is 12.4 Å². The molecule has 0 saturated carbocycles. The quantitative estimate of drug-likeness (QED) is 0.275. The highest BCUT2D eigenvalue weighted by atomic mass is 35.5. The molecule has 1 fully saturated rings. The summed E-state index contributed by atoms with van der Waals surface area (Å²) in [5.74, 6) is 0.544. The maximum atomic E-state index is 12.6. The predicted octanol–water partition coefficient (Wildman–Crippen LogP) is 2.01. The standard InChI is InChI=1S/C24H33N7O5.ClH/c1-3-4-12-36-23-28-20(25)19-21(29-23)31(24(33)27-19)15-16-5-6-18(26-14-16)35-13-11-30-9-7-17(8-10-30)22(32)34-2;/h5-6,14,17H,3-4,7-13,15H2,1-2H3,(H,27,33)(H2,25,28,29);1H. The molecule has 1 aliphatic rings. The van der Waals surface area contributed by atoms with Crippen molar-refractivity contribution in [1.82, 2.24) is 29.4 Å². The Morgan fingerprint density at radius 3 is 2.65 bits per heavy atom. The SMILES string of the molecule is CCCCOc1nc(N)c2[nH]c(=O)n(Cc3ccc(OCCN4CCC(C(=O)OC)CC4)nc3)c2n1.Cl. The van der Waals surface area contributed by atoms with Crippen LogP contribution in [0.2, 0.25) is 0 Å². The first-order valence-corrected chi connectivity index (χ1v) is 12.2. The van der Waals surface area contributed by atoms with Gasteiger partial charge < -0.3 is 24.9 Å². The second-order valence-electron chi connectivity index (χ2n) is 8.80. The van der Waals surface area contributed by atoms with E-state index in [1.165, 1.54) is 11.7 Å². The van der Waals surface area contributed by atoms with Crippen LogP contribution in [0.25, 0.3) is 11.2 Å². The van der Waals surface area contributed by atoms with E-state index in [1.807, 2.05) is 6.07 Å². The first-order valence-electron chi connectivity index (χ1n) is 12.2. The molecule has 3 aromatic heterocycles. The number of ether oxygens (including phenoxy) is 3. The molecule has 0 atom stereocenters. The predicted molar refractivity (Wildman–Crippen MR) is 140 cm³/mol. The molecule has 0 aromatic carbocycles. The van der Waals surface area contributed by atoms with E-state index >= 15 is 0 Å². The average Bonchev–Trinajstić information content (AvgIpc) is 3.20. The monoisotopic (exact) mass is 535 g/mol. The van der Waals surface area contributed by atoms with Crippen LogP contribution in [0.15, 0.2) is 23.1 Å². The number of H-pyrrole nitrogens is 1. The molecule has 3 aromatic rings. The van der Waals surface area contributed by atoms with Gasteiger partial charge in [-0.3, -0.25) is 14.3 Å². The molecule has 3 N–H and O–H groups in total. The summed E-state index contributed by atoms with van der Waals surface area (Å²) in [7, 11) is 1.43. The number of nitrogens with zero attached hydrogens (tertiary/aromatic N) is 5. The molecule has 0 aliphatic carbocycles. The van der Waals surface area contributed by atoms with Crippen LogP contribution < -0.4 is 20.9 Å². The number of rotatable bonds is 11. The van der Waals surface area contributed by atoms with E-state index in [9.17, 15) is 9.59 Å². The van der Waals surface area contributed by atoms with E-state index in [0.717, 1.165) is 50.9 Å². The summed E-state index contributed by atoms with van der Waals surface area (Å²) in [6.45, 7) is 5.73. The van der Waals surface area contributed by atoms with Crippen LogP contribution in [0.3, 0.4) is 0 Å². The highest BCUT2D eigenvalue weighted by Gasteiger charge is 2.25. The maximum Gasteiger partial charge on any atom is 0.328 e. The summed E-state index contributed by atoms with van der Waals surface area (Å²) in [4.78, 5) is 42.1. The van der Waals surface area contributed by atoms with Gasteiger partial charge in [-0.05, 0) is 37.9 Å². The van der Waals surface area contributed by atoms with Crippen molar-refractivity contribution in [2.45, 2.75) is 39.2 Å². The number of unbranched alkanes of at least 4 members (excludes halogenated alkanes) is 1. The van der Waals surface area contributed by atoms with Gasteiger partial charge >= 0.3 is 17.7 Å². The minimum Gasteiger partial charge on any atom is -0.476 e. The Morgan fingerprint density at radius 2 is 1.97 bits per heavy atom. The van der Waals surface area contributed by atoms with Gasteiger partial charge in [-0.15, -0.1) is 12.4 Å². The fourth-order valence-corrected chi connectivity index (χ4v) is 4.16. The van der Waals surface area contributed by atoms with Gasteiger partial charge in [-0.25, -0.2) is 9.78 Å². The lowest BCUT2D eigenvalue weighted by atomic mass is 9.97. The first-order chi connectivity index (χ1) is 17.5. The Bertz CT molecular complexity index is 1220. The second kappa shape index (κ2) is 13.2. The zero-order chi connectivity index (χ0) is 25.5. The summed E-state index contributed by atoms with van der Waals surface area (Å²) in [5.41, 5.74) is 7.25. The van der Waals surface area contributed by atoms with Crippen molar-refractivity contribution in [3.63, 3.8) is 0 Å². The van der Waals surface area contributed by atoms with Gasteiger partial charge in [0.05, 0.1) is 26.2 Å². The number of carbonyl (C=O) groups excluding carboxylic acids is 1. The molecule has 12 nitrogen and oxygen atoms in total. The van der Waals surface area contributed by atoms with Gasteiger partial charge in [0.1, 0.15) is 12.1 Å². The molecule has 0 bridgehead atoms. The minimum atomic E-state index is -0.340. The van der Waals surface area contributed by atoms with E-state index in [2.05, 4.69) is 31.8 Å². The van der Waals surface area contributed by atoms with Crippen LogP contribution in [0, 0.1) is 5.92 Å². The number of hydrogen-bond donors (Lipinski definition) is 2. The molecular weight excluding hydrogens is 502 g/mol. The lowest BCUT2D eigenvalue weighted by molar-refractivity contribution is -0.147. The number of esters is 1. The fraction of sp³-hybridized carbons (Fsp3) is 0.542. The normalized spacial score (nSPS) is 14.3. The highest BCUT2D eigenvalue weighted by Crippen LogP contribution is 2.20. The number of anilines is 1. The van der Waals surface area contributed by atoms with Gasteiger partial charge in [0, 0.05) is 18.8 Å². The first kappa shape index (κ1) is 28.2. The number of carbonyl (C=O) groups is 1. The summed E-state index contributed by atoms with van der Waals surface area (Å²) in [5, 5.41) is 0. The molecule has 0 radical (unpaired) electrons. The Balaban J connectivity index is 0.00000380. The van der Waals surface area contributed by atoms with E-state index in [-0.39, 0.29) is 48.4 Å². The largest absolute Gasteiger partial charge is 0.476 e. The zero-order valence-corrected chi connectivity index (χ0v) is 22.0. The number of nitrogens with two attached hydrogens (primary N) is 1. The smallest absolute Gasteiger partial charge is 0.328 e. The van der Waals surface area contributed by atoms with Crippen LogP contribution in [0.1, 0.15) is 38.2 Å². The molecule has 4 rings (SSSR count). The summed E-state index contributed by atoms with van der Waals surface area (Å²) < 4.78 is 17.7. The third-order valence-electron chi connectivity index (χ3n) is 6.28. The number of aromatic nitrogens is 5. The summed E-state index contributed by atoms with van der Waals surface area (Å²) in [6.07, 6.45) is 5.13. The van der Waals surface area contributed by atoms with Gasteiger partial charge in [-0.1, -0.05) is 19.4 Å². The van der Waals surface area contributed by atoms with E-state index in [4.69, 9.17) is 19.9 Å². The van der Waals surface area contributed by atoms with E-state index in [1.54, 1.807) is 12.3 Å². The lowest BCUT2D eigenvalue weighted by Crippen LogP contribution is -2.38. The molecule has 4 heterocycles. The number of aromatic amines is 1. The Morgan fingerprint density at radius 1 is 1.19 bits per heavy atom. The topological polar surface area (TPSA) is 150 Å². The fourth-order valence-electron chi connectivity index (χ4n) is 4.16. The number of pyridine rings is 1. The molecular formula is C24H34ClN7O5. The molecule has 0 unspecified atom stereocenters. The van der Waals surface area contributed by atoms with Crippen LogP contribution in [0.4, 0.5) is 5.82 Å². The van der Waals surface area contributed by atoms with Crippen molar-refractivity contribution >= 4 is 35.4 Å². The summed E-state index contributed by atoms with van der Waals surface area (Å²) in [6, 6.07) is 3.79. The minimum absolute atomic E-state index is 0. The van der Waals surface area contributed by atoms with Crippen molar-refractivity contribution in [1.29, 1.82) is 0 Å². The molecule has 13 heteroatoms. The number of likely N-dealkylation sites (tertiary alicyclic amines) is 1. The lowest BCUT2D eigenvalue weighted by Gasteiger charge is -2.30. The van der Waals surface area contributed by atoms with Gasteiger partial charge in [-0.2, -0.15) is 9.97 Å². The van der Waals surface area contributed by atoms with Gasteiger partial charge in [0.15, 0.2) is 11.5 Å². The number of hydrogen-bond acceptors (Lipinski definition) is 10. The number of imidazole rings is 1. The van der Waals surface area contributed by atoms with Gasteiger partial charge in [0.2, 0.25) is 5.88 Å². The van der Waals surface area contributed by atoms with E-state index in [0.29, 0.717) is 30.3 Å². The Hall–Kier alpha value is -3.38. The molecule has 0 spiro atoms. The molecule has 0 amide bonds. The number of methoxy groups -OCH3 is 1. The zero-order valence-electron chi connectivity index (χ0n) is 21.1. The highest BCUT2D eigenvalue weighted by molar-refractivity contribution is 5.85. The number of halogens is 1. The third-order valence-corrected chi connectivity index (χ3v) is 6.28. The number of fused-ring (bicyclic) bond motifs is 1. The number of nitrogens with one attached hydrogen (secondary N) is 1. The van der Waals surface area contributed by atoms with Crippen LogP contribution in [-0.4, -0.2) is 75.3 Å². The average molecular weight is 536 g/mol. The van der Waals surface area contributed by atoms with Crippen molar-refractivity contribution in [3.05, 3.63) is 34.4 Å². The Labute approximate surface area is 220 Å². The second-order valence-corrected chi connectivity index (χ2v) is 8.80. The Kier molecular flexibility index (Phi) is 10.1. The van der Waals surface area contributed by atoms with Crippen LogP contribution in [-0.2, 0) is 16.1 Å². The van der Waals surface area contributed by atoms with Crippen molar-refractivity contribution in [2.75, 3.05) is 45.7 Å². The maximum absolute atomic E-state index is 12.6. The number of piperidine rings is 1. The van der Waals surface area contributed by atoms with Crippen LogP contribution in [0.5, 0.6) is 11.9 Å². The third kappa shape index (κ3) is 7.10. The van der Waals surface area contributed by atoms with E-state index < -0.39 is 0 Å². The van der Waals surface area contributed by atoms with Gasteiger partial charge in [0.25, 0.3) is 0 Å².